The Labute approximate surface area is 104 Å². The summed E-state index contributed by atoms with van der Waals surface area (Å²) in [4.78, 5) is 10.1. The van der Waals surface area contributed by atoms with Crippen molar-refractivity contribution < 1.29 is 4.92 Å². The van der Waals surface area contributed by atoms with E-state index in [-0.39, 0.29) is 11.7 Å². The highest BCUT2D eigenvalue weighted by molar-refractivity contribution is 5.72. The Morgan fingerprint density at radius 1 is 1.33 bits per heavy atom. The van der Waals surface area contributed by atoms with Crippen LogP contribution < -0.4 is 5.73 Å². The van der Waals surface area contributed by atoms with E-state index in [9.17, 15) is 10.1 Å². The highest BCUT2D eigenvalue weighted by Gasteiger charge is 2.12. The molecule has 0 unspecified atom stereocenters. The highest BCUT2D eigenvalue weighted by atomic mass is 16.6. The molecule has 0 saturated carbocycles. The van der Waals surface area contributed by atoms with E-state index in [0.717, 1.165) is 5.56 Å². The lowest BCUT2D eigenvalue weighted by Gasteiger charge is -2.03. The van der Waals surface area contributed by atoms with E-state index in [2.05, 4.69) is 5.10 Å². The number of rotatable bonds is 3. The first kappa shape index (κ1) is 12.1. The van der Waals surface area contributed by atoms with Gasteiger partial charge in [-0.3, -0.25) is 14.8 Å². The first-order valence-corrected chi connectivity index (χ1v) is 5.58. The van der Waals surface area contributed by atoms with Gasteiger partial charge in [0.05, 0.1) is 10.6 Å². The normalized spacial score (nSPS) is 10.8. The van der Waals surface area contributed by atoms with Crippen LogP contribution in [0.2, 0.25) is 0 Å². The average Bonchev–Trinajstić information content (AvgIpc) is 2.71. The van der Waals surface area contributed by atoms with Gasteiger partial charge in [-0.25, -0.2) is 0 Å². The largest absolute Gasteiger partial charge is 0.396 e. The fourth-order valence-electron chi connectivity index (χ4n) is 1.64. The van der Waals surface area contributed by atoms with Gasteiger partial charge < -0.3 is 5.73 Å². The van der Waals surface area contributed by atoms with Crippen molar-refractivity contribution in [1.82, 2.24) is 9.78 Å². The molecule has 0 aliphatic heterocycles. The van der Waals surface area contributed by atoms with Gasteiger partial charge in [0.25, 0.3) is 5.69 Å². The number of hydrogen-bond acceptors (Lipinski definition) is 4. The lowest BCUT2D eigenvalue weighted by atomic mass is 10.1. The maximum Gasteiger partial charge on any atom is 0.269 e. The predicted octanol–water partition coefficient (Wildman–Crippen LogP) is 2.62. The number of nitrogens with two attached hydrogens (primary N) is 1. The summed E-state index contributed by atoms with van der Waals surface area (Å²) in [6.45, 7) is 4.01. The van der Waals surface area contributed by atoms with Crippen LogP contribution in [0.4, 0.5) is 11.4 Å². The summed E-state index contributed by atoms with van der Waals surface area (Å²) in [7, 11) is 0. The Bertz CT molecular complexity index is 572. The number of hydrogen-bond donors (Lipinski definition) is 1. The van der Waals surface area contributed by atoms with Gasteiger partial charge in [-0.2, -0.15) is 5.10 Å². The second-order valence-electron chi connectivity index (χ2n) is 4.31. The lowest BCUT2D eigenvalue weighted by molar-refractivity contribution is -0.384. The van der Waals surface area contributed by atoms with Crippen LogP contribution in [0, 0.1) is 10.1 Å². The minimum absolute atomic E-state index is 0.0561. The Hall–Kier alpha value is -2.37. The Morgan fingerprint density at radius 2 is 1.94 bits per heavy atom. The van der Waals surface area contributed by atoms with Gasteiger partial charge in [0.15, 0.2) is 0 Å². The zero-order chi connectivity index (χ0) is 13.3. The zero-order valence-corrected chi connectivity index (χ0v) is 10.2. The fourth-order valence-corrected chi connectivity index (χ4v) is 1.64. The van der Waals surface area contributed by atoms with Crippen molar-refractivity contribution in [3.8, 4) is 11.3 Å². The van der Waals surface area contributed by atoms with E-state index < -0.39 is 4.92 Å². The maximum atomic E-state index is 10.6. The molecule has 6 nitrogen and oxygen atoms in total. The number of nitro groups is 1. The number of nitro benzene ring substituents is 1. The molecule has 94 valence electrons. The molecular formula is C12H14N4O2. The number of nitrogens with zero attached hydrogens (tertiary/aromatic N) is 3. The van der Waals surface area contributed by atoms with Crippen molar-refractivity contribution in [2.75, 3.05) is 5.73 Å². The monoisotopic (exact) mass is 246 g/mol. The van der Waals surface area contributed by atoms with Crippen LogP contribution in [0.25, 0.3) is 11.3 Å². The molecule has 2 aromatic rings. The van der Waals surface area contributed by atoms with Crippen molar-refractivity contribution in [1.29, 1.82) is 0 Å². The average molecular weight is 246 g/mol. The van der Waals surface area contributed by atoms with Crippen molar-refractivity contribution in [2.24, 2.45) is 0 Å². The van der Waals surface area contributed by atoms with Crippen LogP contribution in [-0.2, 0) is 0 Å². The summed E-state index contributed by atoms with van der Waals surface area (Å²) >= 11 is 0. The molecule has 1 aromatic carbocycles. The summed E-state index contributed by atoms with van der Waals surface area (Å²) < 4.78 is 1.77. The molecule has 0 fully saturated rings. The number of non-ortho nitro benzene ring substituents is 1. The van der Waals surface area contributed by atoms with E-state index in [0.29, 0.717) is 11.4 Å². The second kappa shape index (κ2) is 4.48. The first-order valence-electron chi connectivity index (χ1n) is 5.58. The molecule has 18 heavy (non-hydrogen) atoms. The third kappa shape index (κ3) is 2.17. The second-order valence-corrected chi connectivity index (χ2v) is 4.31. The van der Waals surface area contributed by atoms with Crippen molar-refractivity contribution in [3.05, 3.63) is 40.6 Å². The molecule has 1 aromatic heterocycles. The minimum Gasteiger partial charge on any atom is -0.396 e. The number of anilines is 1. The van der Waals surface area contributed by atoms with Gasteiger partial charge in [-0.05, 0) is 26.0 Å². The van der Waals surface area contributed by atoms with Crippen molar-refractivity contribution >= 4 is 11.4 Å². The van der Waals surface area contributed by atoms with E-state index in [1.165, 1.54) is 12.1 Å². The lowest BCUT2D eigenvalue weighted by Crippen LogP contribution is -2.00. The van der Waals surface area contributed by atoms with Crippen molar-refractivity contribution in [3.63, 3.8) is 0 Å². The van der Waals surface area contributed by atoms with Crippen LogP contribution in [0.1, 0.15) is 19.9 Å². The third-order valence-corrected chi connectivity index (χ3v) is 2.64. The molecule has 0 amide bonds. The van der Waals surface area contributed by atoms with Crippen LogP contribution in [-0.4, -0.2) is 14.7 Å². The summed E-state index contributed by atoms with van der Waals surface area (Å²) in [5.41, 5.74) is 7.94. The van der Waals surface area contributed by atoms with E-state index in [4.69, 9.17) is 5.73 Å². The molecule has 2 rings (SSSR count). The zero-order valence-electron chi connectivity index (χ0n) is 10.2. The van der Waals surface area contributed by atoms with E-state index in [1.54, 1.807) is 23.0 Å². The Balaban J connectivity index is 2.39. The van der Waals surface area contributed by atoms with Gasteiger partial charge in [0, 0.05) is 29.9 Å². The van der Waals surface area contributed by atoms with E-state index in [1.807, 2.05) is 13.8 Å². The molecule has 0 radical (unpaired) electrons. The number of benzene rings is 1. The summed E-state index contributed by atoms with van der Waals surface area (Å²) in [6, 6.07) is 6.43. The SMILES string of the molecule is CC(C)n1cc(N)c(-c2ccc([N+](=O)[O-])cc2)n1. The van der Waals surface area contributed by atoms with Crippen LogP contribution in [0.15, 0.2) is 30.5 Å². The van der Waals surface area contributed by atoms with Crippen molar-refractivity contribution in [2.45, 2.75) is 19.9 Å². The molecule has 6 heteroatoms. The fraction of sp³-hybridized carbons (Fsp3) is 0.250. The van der Waals surface area contributed by atoms with Crippen LogP contribution in [0.5, 0.6) is 0 Å². The molecular weight excluding hydrogens is 232 g/mol. The molecule has 0 aliphatic carbocycles. The quantitative estimate of drug-likeness (QED) is 0.666. The highest BCUT2D eigenvalue weighted by Crippen LogP contribution is 2.26. The standard InChI is InChI=1S/C12H14N4O2/c1-8(2)15-7-11(13)12(14-15)9-3-5-10(6-4-9)16(17)18/h3-8H,13H2,1-2H3. The van der Waals surface area contributed by atoms with Gasteiger partial charge in [0.1, 0.15) is 5.69 Å². The molecule has 2 N–H and O–H groups in total. The topological polar surface area (TPSA) is 87.0 Å². The van der Waals surface area contributed by atoms with Crippen LogP contribution >= 0.6 is 0 Å². The van der Waals surface area contributed by atoms with Gasteiger partial charge in [0.2, 0.25) is 0 Å². The molecule has 0 spiro atoms. The molecule has 1 heterocycles. The maximum absolute atomic E-state index is 10.6. The minimum atomic E-state index is -0.431. The van der Waals surface area contributed by atoms with Gasteiger partial charge >= 0.3 is 0 Å². The third-order valence-electron chi connectivity index (χ3n) is 2.64. The summed E-state index contributed by atoms with van der Waals surface area (Å²) in [6.07, 6.45) is 1.77. The number of nitrogen functional groups attached to an aromatic ring is 1. The summed E-state index contributed by atoms with van der Waals surface area (Å²) in [5.74, 6) is 0. The summed E-state index contributed by atoms with van der Waals surface area (Å²) in [5, 5.41) is 14.9. The van der Waals surface area contributed by atoms with Crippen LogP contribution in [0.3, 0.4) is 0 Å². The molecule has 0 saturated heterocycles. The number of aromatic nitrogens is 2. The van der Waals surface area contributed by atoms with Gasteiger partial charge in [-0.15, -0.1) is 0 Å². The predicted molar refractivity (Wildman–Crippen MR) is 69.1 cm³/mol. The molecule has 0 aliphatic rings. The Kier molecular flexibility index (Phi) is 3.01. The molecule has 0 bridgehead atoms. The Morgan fingerprint density at radius 3 is 2.39 bits per heavy atom. The first-order chi connectivity index (χ1) is 8.49. The van der Waals surface area contributed by atoms with E-state index >= 15 is 0 Å². The molecule has 0 atom stereocenters. The van der Waals surface area contributed by atoms with Gasteiger partial charge in [-0.1, -0.05) is 0 Å². The smallest absolute Gasteiger partial charge is 0.269 e.